The number of hydrogen-bond donors (Lipinski definition) is 1. The lowest BCUT2D eigenvalue weighted by Gasteiger charge is -2.16. The van der Waals surface area contributed by atoms with E-state index in [1.165, 1.54) is 7.05 Å². The van der Waals surface area contributed by atoms with Gasteiger partial charge in [-0.25, -0.2) is 8.78 Å². The molecule has 0 saturated carbocycles. The van der Waals surface area contributed by atoms with Gasteiger partial charge in [-0.2, -0.15) is 0 Å². The van der Waals surface area contributed by atoms with E-state index in [9.17, 15) is 13.6 Å². The second-order valence-corrected chi connectivity index (χ2v) is 3.80. The zero-order valence-corrected chi connectivity index (χ0v) is 10.1. The summed E-state index contributed by atoms with van der Waals surface area (Å²) < 4.78 is 29.3. The number of halogens is 2. The maximum atomic E-state index is 12.0. The molecule has 0 aliphatic carbocycles. The maximum absolute atomic E-state index is 12.0. The fraction of sp³-hybridized carbons (Fsp3) is 0.417. The molecule has 1 aromatic rings. The van der Waals surface area contributed by atoms with Crippen LogP contribution >= 0.6 is 0 Å². The summed E-state index contributed by atoms with van der Waals surface area (Å²) in [6, 6.07) is 6.93. The Hall–Kier alpha value is -1.69. The van der Waals surface area contributed by atoms with Crippen LogP contribution in [-0.4, -0.2) is 37.4 Å². The molecular weight excluding hydrogens is 242 g/mol. The van der Waals surface area contributed by atoms with Crippen LogP contribution in [0.1, 0.15) is 5.56 Å². The van der Waals surface area contributed by atoms with Crippen molar-refractivity contribution in [3.8, 4) is 5.75 Å². The van der Waals surface area contributed by atoms with Crippen molar-refractivity contribution >= 4 is 5.91 Å². The predicted molar refractivity (Wildman–Crippen MR) is 63.5 cm³/mol. The fourth-order valence-electron chi connectivity index (χ4n) is 1.29. The SMILES string of the molecule is CN(CC(F)F)C(=O)COc1ccc(CN)cc1. The summed E-state index contributed by atoms with van der Waals surface area (Å²) in [6.45, 7) is -0.421. The van der Waals surface area contributed by atoms with Gasteiger partial charge in [0.25, 0.3) is 12.3 Å². The van der Waals surface area contributed by atoms with E-state index in [0.717, 1.165) is 10.5 Å². The summed E-state index contributed by atoms with van der Waals surface area (Å²) in [6.07, 6.45) is -2.54. The lowest BCUT2D eigenvalue weighted by Crippen LogP contribution is -2.34. The standard InChI is InChI=1S/C12H16F2N2O2/c1-16(7-11(13)14)12(17)8-18-10-4-2-9(6-15)3-5-10/h2-5,11H,6-8,15H2,1H3. The van der Waals surface area contributed by atoms with Crippen LogP contribution in [0, 0.1) is 0 Å². The highest BCUT2D eigenvalue weighted by Crippen LogP contribution is 2.11. The molecular formula is C12H16F2N2O2. The highest BCUT2D eigenvalue weighted by Gasteiger charge is 2.14. The van der Waals surface area contributed by atoms with Gasteiger partial charge in [0.15, 0.2) is 6.61 Å². The van der Waals surface area contributed by atoms with Gasteiger partial charge in [0, 0.05) is 13.6 Å². The Morgan fingerprint density at radius 3 is 2.50 bits per heavy atom. The van der Waals surface area contributed by atoms with Crippen molar-refractivity contribution in [3.05, 3.63) is 29.8 Å². The Morgan fingerprint density at radius 1 is 1.39 bits per heavy atom. The highest BCUT2D eigenvalue weighted by molar-refractivity contribution is 5.77. The van der Waals surface area contributed by atoms with Crippen LogP contribution in [0.25, 0.3) is 0 Å². The van der Waals surface area contributed by atoms with Crippen molar-refractivity contribution in [1.29, 1.82) is 0 Å². The van der Waals surface area contributed by atoms with E-state index in [4.69, 9.17) is 10.5 Å². The number of rotatable bonds is 6. The number of benzene rings is 1. The molecule has 0 heterocycles. The van der Waals surface area contributed by atoms with Crippen LogP contribution in [0.5, 0.6) is 5.75 Å². The molecule has 0 spiro atoms. The van der Waals surface area contributed by atoms with Crippen LogP contribution in [0.3, 0.4) is 0 Å². The Bertz CT molecular complexity index is 382. The quantitative estimate of drug-likeness (QED) is 0.835. The van der Waals surface area contributed by atoms with Crippen molar-refractivity contribution in [2.24, 2.45) is 5.73 Å². The number of nitrogens with zero attached hydrogens (tertiary/aromatic N) is 1. The summed E-state index contributed by atoms with van der Waals surface area (Å²) in [5.74, 6) is 0.0178. The van der Waals surface area contributed by atoms with Crippen LogP contribution in [-0.2, 0) is 11.3 Å². The summed E-state index contributed by atoms with van der Waals surface area (Å²) in [4.78, 5) is 12.4. The van der Waals surface area contributed by atoms with Gasteiger partial charge in [0.2, 0.25) is 0 Å². The fourth-order valence-corrected chi connectivity index (χ4v) is 1.29. The average Bonchev–Trinajstić information content (AvgIpc) is 2.35. The minimum atomic E-state index is -2.54. The van der Waals surface area contributed by atoms with E-state index in [2.05, 4.69) is 0 Å². The summed E-state index contributed by atoms with van der Waals surface area (Å²) in [7, 11) is 1.31. The minimum Gasteiger partial charge on any atom is -0.484 e. The van der Waals surface area contributed by atoms with Gasteiger partial charge >= 0.3 is 0 Å². The molecule has 0 radical (unpaired) electrons. The Morgan fingerprint density at radius 2 is 2.00 bits per heavy atom. The third-order valence-electron chi connectivity index (χ3n) is 2.36. The first kappa shape index (κ1) is 14.4. The van der Waals surface area contributed by atoms with Gasteiger partial charge in [-0.1, -0.05) is 12.1 Å². The molecule has 0 aliphatic heterocycles. The van der Waals surface area contributed by atoms with Crippen molar-refractivity contribution in [3.63, 3.8) is 0 Å². The second kappa shape index (κ2) is 6.90. The van der Waals surface area contributed by atoms with Gasteiger partial charge in [0.05, 0.1) is 6.54 Å². The molecule has 0 unspecified atom stereocenters. The number of nitrogens with two attached hydrogens (primary N) is 1. The van der Waals surface area contributed by atoms with E-state index in [1.807, 2.05) is 0 Å². The molecule has 0 aliphatic rings. The zero-order chi connectivity index (χ0) is 13.5. The number of amides is 1. The van der Waals surface area contributed by atoms with E-state index < -0.39 is 18.9 Å². The first-order chi connectivity index (χ1) is 8.52. The van der Waals surface area contributed by atoms with Crippen LogP contribution in [0.15, 0.2) is 24.3 Å². The lowest BCUT2D eigenvalue weighted by molar-refractivity contribution is -0.133. The van der Waals surface area contributed by atoms with Gasteiger partial charge in [-0.05, 0) is 17.7 Å². The molecule has 1 aromatic carbocycles. The van der Waals surface area contributed by atoms with Crippen LogP contribution < -0.4 is 10.5 Å². The summed E-state index contributed by atoms with van der Waals surface area (Å²) in [5.41, 5.74) is 6.38. The topological polar surface area (TPSA) is 55.6 Å². The molecule has 0 atom stereocenters. The normalized spacial score (nSPS) is 10.5. The predicted octanol–water partition coefficient (Wildman–Crippen LogP) is 1.25. The Balaban J connectivity index is 2.41. The smallest absolute Gasteiger partial charge is 0.260 e. The first-order valence-electron chi connectivity index (χ1n) is 5.47. The Labute approximate surface area is 104 Å². The number of carbonyl (C=O) groups excluding carboxylic acids is 1. The lowest BCUT2D eigenvalue weighted by atomic mass is 10.2. The van der Waals surface area contributed by atoms with Crippen LogP contribution in [0.2, 0.25) is 0 Å². The van der Waals surface area contributed by atoms with Gasteiger partial charge in [-0.15, -0.1) is 0 Å². The second-order valence-electron chi connectivity index (χ2n) is 3.80. The monoisotopic (exact) mass is 258 g/mol. The maximum Gasteiger partial charge on any atom is 0.260 e. The van der Waals surface area contributed by atoms with E-state index in [0.29, 0.717) is 12.3 Å². The molecule has 0 fully saturated rings. The molecule has 0 saturated heterocycles. The van der Waals surface area contributed by atoms with E-state index in [-0.39, 0.29) is 6.61 Å². The molecule has 0 bridgehead atoms. The van der Waals surface area contributed by atoms with Crippen molar-refractivity contribution in [2.75, 3.05) is 20.2 Å². The van der Waals surface area contributed by atoms with Gasteiger partial charge < -0.3 is 15.4 Å². The first-order valence-corrected chi connectivity index (χ1v) is 5.47. The molecule has 0 aromatic heterocycles. The van der Waals surface area contributed by atoms with Crippen LogP contribution in [0.4, 0.5) is 8.78 Å². The Kier molecular flexibility index (Phi) is 5.51. The summed E-state index contributed by atoms with van der Waals surface area (Å²) in [5, 5.41) is 0. The number of ether oxygens (including phenoxy) is 1. The molecule has 4 nitrogen and oxygen atoms in total. The molecule has 2 N–H and O–H groups in total. The third kappa shape index (κ3) is 4.67. The average molecular weight is 258 g/mol. The highest BCUT2D eigenvalue weighted by atomic mass is 19.3. The molecule has 100 valence electrons. The molecule has 18 heavy (non-hydrogen) atoms. The zero-order valence-electron chi connectivity index (χ0n) is 10.1. The van der Waals surface area contributed by atoms with Crippen molar-refractivity contribution in [2.45, 2.75) is 13.0 Å². The minimum absolute atomic E-state index is 0.259. The summed E-state index contributed by atoms with van der Waals surface area (Å²) >= 11 is 0. The number of alkyl halides is 2. The van der Waals surface area contributed by atoms with E-state index in [1.54, 1.807) is 24.3 Å². The number of carbonyl (C=O) groups is 1. The molecule has 6 heteroatoms. The van der Waals surface area contributed by atoms with E-state index >= 15 is 0 Å². The third-order valence-corrected chi connectivity index (χ3v) is 2.36. The number of likely N-dealkylation sites (N-methyl/N-ethyl adjacent to an activating group) is 1. The van der Waals surface area contributed by atoms with Gasteiger partial charge in [0.1, 0.15) is 5.75 Å². The number of hydrogen-bond acceptors (Lipinski definition) is 3. The molecule has 1 rings (SSSR count). The van der Waals surface area contributed by atoms with Crippen molar-refractivity contribution < 1.29 is 18.3 Å². The molecule has 1 amide bonds. The largest absolute Gasteiger partial charge is 0.484 e. The van der Waals surface area contributed by atoms with Crippen molar-refractivity contribution in [1.82, 2.24) is 4.90 Å². The van der Waals surface area contributed by atoms with Gasteiger partial charge in [-0.3, -0.25) is 4.79 Å².